The van der Waals surface area contributed by atoms with Gasteiger partial charge in [-0.1, -0.05) is 30.3 Å². The SMILES string of the molecule is Cc1nnc2c(NC[C@@H]3CCCO3)nc3ccc(C(=O)c4ccccc4)cc3n12. The Labute approximate surface area is 167 Å². The number of carbonyl (C=O) groups excluding carboxylic acids is 1. The second-order valence-electron chi connectivity index (χ2n) is 7.28. The summed E-state index contributed by atoms with van der Waals surface area (Å²) in [5.74, 6) is 1.40. The normalized spacial score (nSPS) is 16.5. The molecule has 7 heteroatoms. The highest BCUT2D eigenvalue weighted by Gasteiger charge is 2.19. The van der Waals surface area contributed by atoms with Crippen LogP contribution in [0.15, 0.2) is 48.5 Å². The number of ketones is 1. The average molecular weight is 387 g/mol. The van der Waals surface area contributed by atoms with Gasteiger partial charge in [0.25, 0.3) is 0 Å². The third-order valence-electron chi connectivity index (χ3n) is 5.30. The molecule has 0 unspecified atom stereocenters. The van der Waals surface area contributed by atoms with Crippen molar-refractivity contribution >= 4 is 28.3 Å². The lowest BCUT2D eigenvalue weighted by atomic mass is 10.0. The molecule has 1 aliphatic rings. The van der Waals surface area contributed by atoms with E-state index in [-0.39, 0.29) is 11.9 Å². The number of aromatic nitrogens is 4. The van der Waals surface area contributed by atoms with E-state index in [1.54, 1.807) is 0 Å². The van der Waals surface area contributed by atoms with E-state index in [1.165, 1.54) is 0 Å². The average Bonchev–Trinajstić information content (AvgIpc) is 3.42. The van der Waals surface area contributed by atoms with Crippen molar-refractivity contribution in [3.8, 4) is 0 Å². The first kappa shape index (κ1) is 17.8. The van der Waals surface area contributed by atoms with Gasteiger partial charge in [-0.3, -0.25) is 9.20 Å². The Kier molecular flexibility index (Phi) is 4.44. The molecular formula is C22H21N5O2. The monoisotopic (exact) mass is 387 g/mol. The summed E-state index contributed by atoms with van der Waals surface area (Å²) < 4.78 is 7.64. The topological polar surface area (TPSA) is 81.4 Å². The van der Waals surface area contributed by atoms with E-state index in [0.717, 1.165) is 36.3 Å². The fourth-order valence-electron chi connectivity index (χ4n) is 3.80. The van der Waals surface area contributed by atoms with Crippen molar-refractivity contribution in [3.05, 3.63) is 65.5 Å². The molecule has 0 aliphatic carbocycles. The minimum atomic E-state index is -0.0213. The number of fused-ring (bicyclic) bond motifs is 3. The van der Waals surface area contributed by atoms with Gasteiger partial charge in [0.2, 0.25) is 5.65 Å². The van der Waals surface area contributed by atoms with E-state index in [9.17, 15) is 4.79 Å². The lowest BCUT2D eigenvalue weighted by Crippen LogP contribution is -2.19. The molecule has 0 amide bonds. The lowest BCUT2D eigenvalue weighted by molar-refractivity contribution is 0.103. The maximum Gasteiger partial charge on any atom is 0.204 e. The molecule has 146 valence electrons. The van der Waals surface area contributed by atoms with Crippen molar-refractivity contribution in [2.24, 2.45) is 0 Å². The van der Waals surface area contributed by atoms with Crippen molar-refractivity contribution in [2.75, 3.05) is 18.5 Å². The van der Waals surface area contributed by atoms with Gasteiger partial charge in [0, 0.05) is 24.3 Å². The number of hydrogen-bond acceptors (Lipinski definition) is 6. The molecule has 0 radical (unpaired) electrons. The van der Waals surface area contributed by atoms with E-state index in [4.69, 9.17) is 9.72 Å². The molecule has 0 bridgehead atoms. The summed E-state index contributed by atoms with van der Waals surface area (Å²) in [5, 5.41) is 11.9. The summed E-state index contributed by atoms with van der Waals surface area (Å²) >= 11 is 0. The molecule has 1 saturated heterocycles. The molecule has 2 aromatic heterocycles. The Morgan fingerprint density at radius 1 is 1.17 bits per heavy atom. The zero-order valence-corrected chi connectivity index (χ0v) is 16.1. The maximum absolute atomic E-state index is 12.9. The lowest BCUT2D eigenvalue weighted by Gasteiger charge is -2.13. The van der Waals surface area contributed by atoms with Crippen LogP contribution in [-0.2, 0) is 4.74 Å². The smallest absolute Gasteiger partial charge is 0.204 e. The van der Waals surface area contributed by atoms with Crippen LogP contribution in [0, 0.1) is 6.92 Å². The zero-order chi connectivity index (χ0) is 19.8. The van der Waals surface area contributed by atoms with Crippen LogP contribution in [0.25, 0.3) is 16.7 Å². The number of hydrogen-bond donors (Lipinski definition) is 1. The molecular weight excluding hydrogens is 366 g/mol. The fraction of sp³-hybridized carbons (Fsp3) is 0.273. The molecule has 2 aromatic carbocycles. The van der Waals surface area contributed by atoms with E-state index >= 15 is 0 Å². The maximum atomic E-state index is 12.9. The van der Waals surface area contributed by atoms with Gasteiger partial charge in [-0.05, 0) is 38.0 Å². The number of rotatable bonds is 5. The standard InChI is InChI=1S/C22H21N5O2/c1-14-25-26-22-21(23-13-17-8-5-11-29-17)24-18-10-9-16(12-19(18)27(14)22)20(28)15-6-3-2-4-7-15/h2-4,6-7,9-10,12,17H,5,8,11,13H2,1H3,(H,23,24)/t17-/m0/s1. The van der Waals surface area contributed by atoms with Crippen LogP contribution < -0.4 is 5.32 Å². The molecule has 3 heterocycles. The van der Waals surface area contributed by atoms with E-state index in [2.05, 4.69) is 15.5 Å². The third kappa shape index (κ3) is 3.23. The van der Waals surface area contributed by atoms with Gasteiger partial charge in [0.15, 0.2) is 11.6 Å². The van der Waals surface area contributed by atoms with Crippen molar-refractivity contribution in [3.63, 3.8) is 0 Å². The number of anilines is 1. The van der Waals surface area contributed by atoms with E-state index in [1.807, 2.05) is 59.9 Å². The highest BCUT2D eigenvalue weighted by atomic mass is 16.5. The molecule has 1 fully saturated rings. The van der Waals surface area contributed by atoms with Gasteiger partial charge in [0.05, 0.1) is 17.1 Å². The number of ether oxygens (including phenoxy) is 1. The number of nitrogens with one attached hydrogen (secondary N) is 1. The van der Waals surface area contributed by atoms with Gasteiger partial charge >= 0.3 is 0 Å². The highest BCUT2D eigenvalue weighted by Crippen LogP contribution is 2.24. The summed E-state index contributed by atoms with van der Waals surface area (Å²) in [4.78, 5) is 17.6. The molecule has 4 aromatic rings. The predicted molar refractivity (Wildman–Crippen MR) is 110 cm³/mol. The van der Waals surface area contributed by atoms with Crippen LogP contribution in [-0.4, -0.2) is 44.6 Å². The Bertz CT molecular complexity index is 1200. The summed E-state index contributed by atoms with van der Waals surface area (Å²) in [5.41, 5.74) is 3.51. The summed E-state index contributed by atoms with van der Waals surface area (Å²) in [6, 6.07) is 14.8. The number of aryl methyl sites for hydroxylation is 1. The second kappa shape index (κ2) is 7.25. The van der Waals surface area contributed by atoms with Crippen LogP contribution in [0.4, 0.5) is 5.82 Å². The quantitative estimate of drug-likeness (QED) is 0.529. The van der Waals surface area contributed by atoms with Crippen LogP contribution in [0.1, 0.15) is 34.6 Å². The zero-order valence-electron chi connectivity index (χ0n) is 16.1. The van der Waals surface area contributed by atoms with Crippen LogP contribution in [0.5, 0.6) is 0 Å². The van der Waals surface area contributed by atoms with Gasteiger partial charge in [-0.25, -0.2) is 4.98 Å². The number of nitrogens with zero attached hydrogens (tertiary/aromatic N) is 4. The molecule has 0 saturated carbocycles. The van der Waals surface area contributed by atoms with Gasteiger partial charge < -0.3 is 10.1 Å². The van der Waals surface area contributed by atoms with Gasteiger partial charge in [-0.15, -0.1) is 10.2 Å². The molecule has 7 nitrogen and oxygen atoms in total. The van der Waals surface area contributed by atoms with Crippen molar-refractivity contribution in [1.29, 1.82) is 0 Å². The minimum Gasteiger partial charge on any atom is -0.376 e. The molecule has 0 spiro atoms. The van der Waals surface area contributed by atoms with Crippen molar-refractivity contribution in [2.45, 2.75) is 25.9 Å². The third-order valence-corrected chi connectivity index (χ3v) is 5.30. The Balaban J connectivity index is 1.57. The van der Waals surface area contributed by atoms with Gasteiger partial charge in [-0.2, -0.15) is 0 Å². The molecule has 5 rings (SSSR count). The fourth-order valence-corrected chi connectivity index (χ4v) is 3.80. The first-order valence-electron chi connectivity index (χ1n) is 9.81. The molecule has 1 aliphatic heterocycles. The summed E-state index contributed by atoms with van der Waals surface area (Å²) in [7, 11) is 0. The van der Waals surface area contributed by atoms with Crippen molar-refractivity contribution in [1.82, 2.24) is 19.6 Å². The Hall–Kier alpha value is -3.32. The van der Waals surface area contributed by atoms with E-state index < -0.39 is 0 Å². The highest BCUT2D eigenvalue weighted by molar-refractivity contribution is 6.10. The second-order valence-corrected chi connectivity index (χ2v) is 7.28. The largest absolute Gasteiger partial charge is 0.376 e. The first-order chi connectivity index (χ1) is 14.2. The van der Waals surface area contributed by atoms with Crippen molar-refractivity contribution < 1.29 is 9.53 Å². The van der Waals surface area contributed by atoms with Gasteiger partial charge in [0.1, 0.15) is 5.82 Å². The van der Waals surface area contributed by atoms with Crippen LogP contribution in [0.2, 0.25) is 0 Å². The predicted octanol–water partition coefficient (Wildman–Crippen LogP) is 3.41. The number of carbonyl (C=O) groups is 1. The Morgan fingerprint density at radius 3 is 2.83 bits per heavy atom. The molecule has 1 N–H and O–H groups in total. The van der Waals surface area contributed by atoms with Crippen LogP contribution in [0.3, 0.4) is 0 Å². The molecule has 1 atom stereocenters. The van der Waals surface area contributed by atoms with E-state index in [0.29, 0.717) is 29.1 Å². The Morgan fingerprint density at radius 2 is 2.03 bits per heavy atom. The van der Waals surface area contributed by atoms with Crippen LogP contribution >= 0.6 is 0 Å². The summed E-state index contributed by atoms with van der Waals surface area (Å²) in [6.45, 7) is 3.40. The molecule has 29 heavy (non-hydrogen) atoms. The minimum absolute atomic E-state index is 0.0213. The number of benzene rings is 2. The summed E-state index contributed by atoms with van der Waals surface area (Å²) in [6.07, 6.45) is 2.34. The first-order valence-corrected chi connectivity index (χ1v) is 9.81.